The number of hydrogen-bond donors (Lipinski definition) is 1. The van der Waals surface area contributed by atoms with Crippen molar-refractivity contribution in [2.75, 3.05) is 55.9 Å². The van der Waals surface area contributed by atoms with Crippen molar-refractivity contribution in [1.82, 2.24) is 4.31 Å². The highest BCUT2D eigenvalue weighted by molar-refractivity contribution is 7.88. The summed E-state index contributed by atoms with van der Waals surface area (Å²) in [5.74, 6) is -0.199. The summed E-state index contributed by atoms with van der Waals surface area (Å²) < 4.78 is 30.4. The molecule has 0 spiro atoms. The Hall–Kier alpha value is -1.64. The van der Waals surface area contributed by atoms with E-state index in [1.54, 1.807) is 0 Å². The molecule has 0 aromatic heterocycles. The molecule has 1 aliphatic rings. The Bertz CT molecular complexity index is 685. The number of para-hydroxylation sites is 2. The molecule has 1 aliphatic heterocycles. The Morgan fingerprint density at radius 3 is 2.52 bits per heavy atom. The van der Waals surface area contributed by atoms with E-state index in [1.165, 1.54) is 4.31 Å². The molecule has 0 atom stereocenters. The van der Waals surface area contributed by atoms with Gasteiger partial charge in [0.05, 0.1) is 37.4 Å². The summed E-state index contributed by atoms with van der Waals surface area (Å²) in [6, 6.07) is 7.54. The molecule has 1 heterocycles. The molecule has 0 aliphatic carbocycles. The van der Waals surface area contributed by atoms with Crippen molar-refractivity contribution in [1.29, 1.82) is 0 Å². The van der Waals surface area contributed by atoms with Crippen LogP contribution >= 0.6 is 0 Å². The molecule has 0 bridgehead atoms. The maximum Gasteiger partial charge on any atom is 0.239 e. The molecule has 0 unspecified atom stereocenters. The Kier molecular flexibility index (Phi) is 6.80. The summed E-state index contributed by atoms with van der Waals surface area (Å²) in [6.45, 7) is 6.79. The molecular weight excluding hydrogens is 342 g/mol. The van der Waals surface area contributed by atoms with Crippen LogP contribution in [-0.2, 0) is 19.6 Å². The second kappa shape index (κ2) is 8.64. The molecule has 1 aromatic rings. The van der Waals surface area contributed by atoms with E-state index in [-0.39, 0.29) is 18.4 Å². The fraction of sp³-hybridized carbons (Fsp3) is 0.588. The van der Waals surface area contributed by atoms with Crippen molar-refractivity contribution in [2.45, 2.75) is 13.8 Å². The van der Waals surface area contributed by atoms with E-state index in [1.807, 2.05) is 38.1 Å². The zero-order chi connectivity index (χ0) is 18.4. The zero-order valence-electron chi connectivity index (χ0n) is 15.1. The summed E-state index contributed by atoms with van der Waals surface area (Å²) in [5, 5.41) is 2.86. The number of carbonyl (C=O) groups is 1. The predicted octanol–water partition coefficient (Wildman–Crippen LogP) is 1.38. The normalized spacial score (nSPS) is 15.6. The van der Waals surface area contributed by atoms with Crippen LogP contribution in [0.2, 0.25) is 0 Å². The zero-order valence-corrected chi connectivity index (χ0v) is 15.9. The third-order valence-corrected chi connectivity index (χ3v) is 5.10. The minimum Gasteiger partial charge on any atom is -0.378 e. The summed E-state index contributed by atoms with van der Waals surface area (Å²) in [4.78, 5) is 14.6. The lowest BCUT2D eigenvalue weighted by atomic mass is 10.2. The Balaban J connectivity index is 2.09. The monoisotopic (exact) mass is 369 g/mol. The van der Waals surface area contributed by atoms with Crippen molar-refractivity contribution >= 4 is 27.3 Å². The van der Waals surface area contributed by atoms with Crippen molar-refractivity contribution in [2.24, 2.45) is 5.92 Å². The van der Waals surface area contributed by atoms with Gasteiger partial charge in [0.15, 0.2) is 0 Å². The summed E-state index contributed by atoms with van der Waals surface area (Å²) in [7, 11) is -3.43. The van der Waals surface area contributed by atoms with Gasteiger partial charge in [0.2, 0.25) is 15.9 Å². The van der Waals surface area contributed by atoms with E-state index in [9.17, 15) is 13.2 Å². The molecule has 1 amide bonds. The first-order valence-corrected chi connectivity index (χ1v) is 10.3. The van der Waals surface area contributed by atoms with Gasteiger partial charge in [0.25, 0.3) is 0 Å². The van der Waals surface area contributed by atoms with E-state index in [2.05, 4.69) is 10.2 Å². The van der Waals surface area contributed by atoms with Crippen molar-refractivity contribution in [3.8, 4) is 0 Å². The lowest BCUT2D eigenvalue weighted by molar-refractivity contribution is -0.116. The van der Waals surface area contributed by atoms with Crippen LogP contribution in [0.4, 0.5) is 11.4 Å². The van der Waals surface area contributed by atoms with Gasteiger partial charge in [-0.3, -0.25) is 4.79 Å². The van der Waals surface area contributed by atoms with Crippen LogP contribution in [0.1, 0.15) is 13.8 Å². The van der Waals surface area contributed by atoms with Gasteiger partial charge in [-0.1, -0.05) is 26.0 Å². The van der Waals surface area contributed by atoms with E-state index >= 15 is 0 Å². The van der Waals surface area contributed by atoms with Crippen LogP contribution in [0.15, 0.2) is 24.3 Å². The van der Waals surface area contributed by atoms with Gasteiger partial charge in [-0.2, -0.15) is 4.31 Å². The molecule has 0 radical (unpaired) electrons. The third kappa shape index (κ3) is 5.98. The maximum atomic E-state index is 12.4. The van der Waals surface area contributed by atoms with Gasteiger partial charge < -0.3 is 15.0 Å². The van der Waals surface area contributed by atoms with E-state index in [0.29, 0.717) is 25.4 Å². The molecule has 140 valence electrons. The van der Waals surface area contributed by atoms with Crippen LogP contribution < -0.4 is 10.2 Å². The number of hydrogen-bond acceptors (Lipinski definition) is 5. The smallest absolute Gasteiger partial charge is 0.239 e. The molecule has 1 fully saturated rings. The predicted molar refractivity (Wildman–Crippen MR) is 99.4 cm³/mol. The first kappa shape index (κ1) is 19.7. The van der Waals surface area contributed by atoms with Gasteiger partial charge in [-0.15, -0.1) is 0 Å². The number of nitrogens with zero attached hydrogens (tertiary/aromatic N) is 2. The van der Waals surface area contributed by atoms with E-state index in [0.717, 1.165) is 25.0 Å². The highest BCUT2D eigenvalue weighted by atomic mass is 32.2. The largest absolute Gasteiger partial charge is 0.378 e. The van der Waals surface area contributed by atoms with Gasteiger partial charge in [-0.05, 0) is 18.1 Å². The molecule has 8 heteroatoms. The van der Waals surface area contributed by atoms with Gasteiger partial charge in [0, 0.05) is 19.6 Å². The Morgan fingerprint density at radius 1 is 1.28 bits per heavy atom. The van der Waals surface area contributed by atoms with Crippen LogP contribution in [0, 0.1) is 5.92 Å². The van der Waals surface area contributed by atoms with Gasteiger partial charge in [0.1, 0.15) is 0 Å². The number of anilines is 2. The minimum atomic E-state index is -3.43. The summed E-state index contributed by atoms with van der Waals surface area (Å²) in [5.41, 5.74) is 1.61. The van der Waals surface area contributed by atoms with Crippen molar-refractivity contribution < 1.29 is 17.9 Å². The first-order valence-electron chi connectivity index (χ1n) is 8.44. The van der Waals surface area contributed by atoms with Crippen molar-refractivity contribution in [3.63, 3.8) is 0 Å². The number of carbonyl (C=O) groups excluding carboxylic acids is 1. The molecule has 7 nitrogen and oxygen atoms in total. The van der Waals surface area contributed by atoms with Gasteiger partial charge in [-0.25, -0.2) is 8.42 Å². The summed E-state index contributed by atoms with van der Waals surface area (Å²) >= 11 is 0. The number of sulfonamides is 1. The lowest BCUT2D eigenvalue weighted by Crippen LogP contribution is -2.40. The second-order valence-electron chi connectivity index (χ2n) is 6.61. The number of benzene rings is 1. The molecule has 1 aromatic carbocycles. The van der Waals surface area contributed by atoms with E-state index < -0.39 is 10.0 Å². The van der Waals surface area contributed by atoms with Crippen LogP contribution in [0.3, 0.4) is 0 Å². The fourth-order valence-corrected chi connectivity index (χ4v) is 3.65. The highest BCUT2D eigenvalue weighted by Gasteiger charge is 2.22. The molecular formula is C17H27N3O4S. The number of rotatable bonds is 7. The highest BCUT2D eigenvalue weighted by Crippen LogP contribution is 2.26. The average molecular weight is 369 g/mol. The number of morpholine rings is 1. The molecule has 2 rings (SSSR count). The molecule has 0 saturated carbocycles. The average Bonchev–Trinajstić information content (AvgIpc) is 2.54. The summed E-state index contributed by atoms with van der Waals surface area (Å²) in [6.07, 6.45) is 1.13. The third-order valence-electron chi connectivity index (χ3n) is 3.89. The number of nitrogens with one attached hydrogen (secondary N) is 1. The number of amides is 1. The van der Waals surface area contributed by atoms with Crippen molar-refractivity contribution in [3.05, 3.63) is 24.3 Å². The lowest BCUT2D eigenvalue weighted by Gasteiger charge is -2.30. The topological polar surface area (TPSA) is 79.0 Å². The van der Waals surface area contributed by atoms with Crippen LogP contribution in [-0.4, -0.2) is 64.3 Å². The Labute approximate surface area is 150 Å². The fourth-order valence-electron chi connectivity index (χ4n) is 2.73. The quantitative estimate of drug-likeness (QED) is 0.786. The Morgan fingerprint density at radius 2 is 1.92 bits per heavy atom. The second-order valence-corrected chi connectivity index (χ2v) is 8.60. The standard InChI is InChI=1S/C17H27N3O4S/c1-14(2)12-20(25(3,22)23)13-17(21)18-15-6-4-5-7-16(15)19-8-10-24-11-9-19/h4-7,14H,8-13H2,1-3H3,(H,18,21). The van der Waals surface area contributed by atoms with Crippen LogP contribution in [0.25, 0.3) is 0 Å². The van der Waals surface area contributed by atoms with E-state index in [4.69, 9.17) is 4.74 Å². The molecule has 1 N–H and O–H groups in total. The first-order chi connectivity index (χ1) is 11.8. The minimum absolute atomic E-state index is 0.142. The molecule has 25 heavy (non-hydrogen) atoms. The molecule has 1 saturated heterocycles. The SMILES string of the molecule is CC(C)CN(CC(=O)Nc1ccccc1N1CCOCC1)S(C)(=O)=O. The van der Waals surface area contributed by atoms with Gasteiger partial charge >= 0.3 is 0 Å². The number of ether oxygens (including phenoxy) is 1. The maximum absolute atomic E-state index is 12.4. The van der Waals surface area contributed by atoms with Crippen LogP contribution in [0.5, 0.6) is 0 Å².